The highest BCUT2D eigenvalue weighted by atomic mass is 79.9. The van der Waals surface area contributed by atoms with Crippen molar-refractivity contribution in [3.05, 3.63) is 69.7 Å². The van der Waals surface area contributed by atoms with Gasteiger partial charge in [0, 0.05) is 9.30 Å². The average Bonchev–Trinajstić information content (AvgIpc) is 2.33. The number of hydrogen-bond acceptors (Lipinski definition) is 0. The Labute approximate surface area is 119 Å². The van der Waals surface area contributed by atoms with E-state index in [0.717, 1.165) is 10.9 Å². The number of halogens is 2. The summed E-state index contributed by atoms with van der Waals surface area (Å²) in [6.07, 6.45) is 1.01. The Hall–Kier alpha value is -0.600. The van der Waals surface area contributed by atoms with Gasteiger partial charge in [-0.2, -0.15) is 0 Å². The molecule has 2 heteroatoms. The topological polar surface area (TPSA) is 0 Å². The summed E-state index contributed by atoms with van der Waals surface area (Å²) in [4.78, 5) is 0.379. The van der Waals surface area contributed by atoms with Crippen LogP contribution in [-0.4, -0.2) is 0 Å². The van der Waals surface area contributed by atoms with Gasteiger partial charge in [-0.1, -0.05) is 73.8 Å². The van der Waals surface area contributed by atoms with E-state index in [1.165, 1.54) is 16.7 Å². The molecule has 0 nitrogen and oxygen atoms in total. The van der Waals surface area contributed by atoms with E-state index in [4.69, 9.17) is 0 Å². The van der Waals surface area contributed by atoms with Crippen LogP contribution in [0.15, 0.2) is 53.0 Å². The Morgan fingerprint density at radius 3 is 2.12 bits per heavy atom. The van der Waals surface area contributed by atoms with Crippen LogP contribution in [0, 0.1) is 6.92 Å². The molecule has 0 spiro atoms. The van der Waals surface area contributed by atoms with Crippen LogP contribution in [-0.2, 0) is 6.42 Å². The molecule has 0 bridgehead atoms. The van der Waals surface area contributed by atoms with E-state index in [2.05, 4.69) is 87.3 Å². The van der Waals surface area contributed by atoms with Crippen LogP contribution in [0.4, 0.5) is 0 Å². The predicted molar refractivity (Wildman–Crippen MR) is 80.7 cm³/mol. The van der Waals surface area contributed by atoms with E-state index in [1.807, 2.05) is 0 Å². The Morgan fingerprint density at radius 2 is 1.53 bits per heavy atom. The molecule has 0 aliphatic rings. The molecule has 0 aliphatic carbocycles. The molecule has 2 rings (SSSR count). The van der Waals surface area contributed by atoms with Crippen LogP contribution in [0.1, 0.15) is 21.5 Å². The third kappa shape index (κ3) is 3.68. The minimum atomic E-state index is 0.379. The van der Waals surface area contributed by atoms with Crippen LogP contribution in [0.3, 0.4) is 0 Å². The molecular weight excluding hydrogens is 340 g/mol. The van der Waals surface area contributed by atoms with Crippen LogP contribution in [0.25, 0.3) is 0 Å². The number of alkyl halides is 1. The van der Waals surface area contributed by atoms with Crippen molar-refractivity contribution in [1.82, 2.24) is 0 Å². The van der Waals surface area contributed by atoms with E-state index in [9.17, 15) is 0 Å². The molecule has 0 N–H and O–H groups in total. The van der Waals surface area contributed by atoms with Gasteiger partial charge >= 0.3 is 0 Å². The first kappa shape index (κ1) is 12.8. The standard InChI is InChI=1S/C15H14Br2/c1-11-2-6-13(7-3-11)15(17)10-12-4-8-14(16)9-5-12/h2-9,15H,10H2,1H3. The van der Waals surface area contributed by atoms with Gasteiger partial charge < -0.3 is 0 Å². The fraction of sp³-hybridized carbons (Fsp3) is 0.200. The zero-order valence-electron chi connectivity index (χ0n) is 9.66. The van der Waals surface area contributed by atoms with Gasteiger partial charge in [0.25, 0.3) is 0 Å². The van der Waals surface area contributed by atoms with Gasteiger partial charge in [0.15, 0.2) is 0 Å². The van der Waals surface area contributed by atoms with Gasteiger partial charge in [0.1, 0.15) is 0 Å². The first-order valence-electron chi connectivity index (χ1n) is 5.60. The molecule has 0 aliphatic heterocycles. The van der Waals surface area contributed by atoms with Crippen molar-refractivity contribution >= 4 is 31.9 Å². The van der Waals surface area contributed by atoms with Gasteiger partial charge in [-0.05, 0) is 36.6 Å². The molecule has 2 aromatic rings. The second-order valence-electron chi connectivity index (χ2n) is 4.21. The molecule has 0 radical (unpaired) electrons. The minimum Gasteiger partial charge on any atom is -0.0835 e. The molecule has 1 atom stereocenters. The second-order valence-corrected chi connectivity index (χ2v) is 6.23. The minimum absolute atomic E-state index is 0.379. The van der Waals surface area contributed by atoms with E-state index < -0.39 is 0 Å². The van der Waals surface area contributed by atoms with Crippen molar-refractivity contribution < 1.29 is 0 Å². The third-order valence-corrected chi connectivity index (χ3v) is 4.15. The second kappa shape index (κ2) is 5.83. The number of rotatable bonds is 3. The van der Waals surface area contributed by atoms with Gasteiger partial charge in [-0.3, -0.25) is 0 Å². The van der Waals surface area contributed by atoms with E-state index >= 15 is 0 Å². The van der Waals surface area contributed by atoms with E-state index in [1.54, 1.807) is 0 Å². The van der Waals surface area contributed by atoms with Crippen LogP contribution >= 0.6 is 31.9 Å². The predicted octanol–water partition coefficient (Wildman–Crippen LogP) is 5.44. The van der Waals surface area contributed by atoms with E-state index in [0.29, 0.717) is 4.83 Å². The van der Waals surface area contributed by atoms with Gasteiger partial charge in [-0.25, -0.2) is 0 Å². The molecule has 1 unspecified atom stereocenters. The van der Waals surface area contributed by atoms with Crippen molar-refractivity contribution in [3.63, 3.8) is 0 Å². The summed E-state index contributed by atoms with van der Waals surface area (Å²) in [5, 5.41) is 0. The maximum atomic E-state index is 3.75. The monoisotopic (exact) mass is 352 g/mol. The fourth-order valence-corrected chi connectivity index (χ4v) is 2.66. The number of hydrogen-bond donors (Lipinski definition) is 0. The van der Waals surface area contributed by atoms with Crippen molar-refractivity contribution in [2.45, 2.75) is 18.2 Å². The molecule has 0 saturated heterocycles. The maximum Gasteiger partial charge on any atom is 0.0435 e. The lowest BCUT2D eigenvalue weighted by atomic mass is 10.0. The zero-order chi connectivity index (χ0) is 12.3. The van der Waals surface area contributed by atoms with Gasteiger partial charge in [0.05, 0.1) is 0 Å². The normalized spacial score (nSPS) is 12.4. The highest BCUT2D eigenvalue weighted by molar-refractivity contribution is 9.10. The summed E-state index contributed by atoms with van der Waals surface area (Å²) < 4.78 is 1.13. The molecule has 0 aromatic heterocycles. The van der Waals surface area contributed by atoms with Crippen molar-refractivity contribution in [3.8, 4) is 0 Å². The summed E-state index contributed by atoms with van der Waals surface area (Å²) in [5.74, 6) is 0. The van der Waals surface area contributed by atoms with E-state index in [-0.39, 0.29) is 0 Å². The Bertz CT molecular complexity index is 471. The Balaban J connectivity index is 2.08. The SMILES string of the molecule is Cc1ccc(C(Br)Cc2ccc(Br)cc2)cc1. The highest BCUT2D eigenvalue weighted by Gasteiger charge is 2.07. The molecule has 17 heavy (non-hydrogen) atoms. The lowest BCUT2D eigenvalue weighted by Crippen LogP contribution is -1.95. The van der Waals surface area contributed by atoms with Crippen molar-refractivity contribution in [2.75, 3.05) is 0 Å². The summed E-state index contributed by atoms with van der Waals surface area (Å²) in [6, 6.07) is 17.2. The quantitative estimate of drug-likeness (QED) is 0.645. The Morgan fingerprint density at radius 1 is 0.941 bits per heavy atom. The lowest BCUT2D eigenvalue weighted by Gasteiger charge is -2.10. The molecule has 2 aromatic carbocycles. The summed E-state index contributed by atoms with van der Waals surface area (Å²) in [5.41, 5.74) is 3.98. The highest BCUT2D eigenvalue weighted by Crippen LogP contribution is 2.27. The number of benzene rings is 2. The molecule has 88 valence electrons. The van der Waals surface area contributed by atoms with Crippen molar-refractivity contribution in [1.29, 1.82) is 0 Å². The summed E-state index contributed by atoms with van der Waals surface area (Å²) >= 11 is 7.21. The van der Waals surface area contributed by atoms with Crippen LogP contribution in [0.5, 0.6) is 0 Å². The largest absolute Gasteiger partial charge is 0.0835 e. The maximum absolute atomic E-state index is 3.75. The van der Waals surface area contributed by atoms with Crippen molar-refractivity contribution in [2.24, 2.45) is 0 Å². The zero-order valence-corrected chi connectivity index (χ0v) is 12.8. The average molecular weight is 354 g/mol. The Kier molecular flexibility index (Phi) is 4.41. The first-order valence-corrected chi connectivity index (χ1v) is 7.31. The molecule has 0 amide bonds. The molecular formula is C15H14Br2. The summed E-state index contributed by atoms with van der Waals surface area (Å²) in [6.45, 7) is 2.11. The fourth-order valence-electron chi connectivity index (χ4n) is 1.72. The van der Waals surface area contributed by atoms with Crippen LogP contribution in [0.2, 0.25) is 0 Å². The smallest absolute Gasteiger partial charge is 0.0435 e. The van der Waals surface area contributed by atoms with Crippen LogP contribution < -0.4 is 0 Å². The third-order valence-electron chi connectivity index (χ3n) is 2.77. The summed E-state index contributed by atoms with van der Waals surface area (Å²) in [7, 11) is 0. The van der Waals surface area contributed by atoms with Gasteiger partial charge in [0.2, 0.25) is 0 Å². The van der Waals surface area contributed by atoms with Gasteiger partial charge in [-0.15, -0.1) is 0 Å². The number of aryl methyl sites for hydroxylation is 1. The molecule has 0 saturated carbocycles. The molecule has 0 heterocycles. The molecule has 0 fully saturated rings. The first-order chi connectivity index (χ1) is 8.15. The lowest BCUT2D eigenvalue weighted by molar-refractivity contribution is 0.947.